The van der Waals surface area contributed by atoms with Crippen LogP contribution in [0.25, 0.3) is 5.69 Å². The summed E-state index contributed by atoms with van der Waals surface area (Å²) in [5, 5.41) is 5.95. The predicted molar refractivity (Wildman–Crippen MR) is 185 cm³/mol. The summed E-state index contributed by atoms with van der Waals surface area (Å²) in [5.74, 6) is -0.0567. The van der Waals surface area contributed by atoms with Crippen molar-refractivity contribution in [3.05, 3.63) is 62.4 Å². The minimum atomic E-state index is -3.74. The molecular weight excluding hydrogens is 651 g/mol. The number of sulfonamides is 1. The van der Waals surface area contributed by atoms with Gasteiger partial charge in [0, 0.05) is 12.6 Å². The molecule has 254 valence electrons. The molecule has 13 heteroatoms. The lowest BCUT2D eigenvalue weighted by molar-refractivity contribution is 0.0498. The highest BCUT2D eigenvalue weighted by molar-refractivity contribution is 7.89. The number of aromatic nitrogens is 2. The number of hydrogen-bond acceptors (Lipinski definition) is 7. The maximum absolute atomic E-state index is 13.0. The van der Waals surface area contributed by atoms with E-state index in [4.69, 9.17) is 32.7 Å². The third kappa shape index (κ3) is 10.8. The Labute approximate surface area is 282 Å². The van der Waals surface area contributed by atoms with Gasteiger partial charge in [-0.2, -0.15) is 0 Å². The maximum atomic E-state index is 13.0. The largest absolute Gasteiger partial charge is 0.495 e. The van der Waals surface area contributed by atoms with Crippen molar-refractivity contribution >= 4 is 50.7 Å². The third-order valence-electron chi connectivity index (χ3n) is 7.55. The smallest absolute Gasteiger partial charge is 0.339 e. The zero-order valence-electron chi connectivity index (χ0n) is 26.9. The van der Waals surface area contributed by atoms with Crippen molar-refractivity contribution in [3.8, 4) is 11.4 Å². The highest BCUT2D eigenvalue weighted by atomic mass is 35.5. The van der Waals surface area contributed by atoms with Gasteiger partial charge in [0.05, 0.1) is 39.9 Å². The van der Waals surface area contributed by atoms with Crippen LogP contribution in [-0.4, -0.2) is 44.4 Å². The molecule has 0 radical (unpaired) electrons. The molecule has 0 spiro atoms. The van der Waals surface area contributed by atoms with Crippen LogP contribution in [0, 0.1) is 0 Å². The lowest BCUT2D eigenvalue weighted by Gasteiger charge is -2.13. The van der Waals surface area contributed by atoms with Gasteiger partial charge in [-0.25, -0.2) is 22.6 Å². The van der Waals surface area contributed by atoms with E-state index in [9.17, 15) is 18.0 Å². The van der Waals surface area contributed by atoms with E-state index >= 15 is 0 Å². The molecule has 10 nitrogen and oxygen atoms in total. The van der Waals surface area contributed by atoms with Gasteiger partial charge < -0.3 is 14.8 Å². The number of esters is 1. The molecule has 2 aromatic carbocycles. The Morgan fingerprint density at radius 1 is 0.891 bits per heavy atom. The number of rotatable bonds is 21. The average molecular weight is 698 g/mol. The summed E-state index contributed by atoms with van der Waals surface area (Å²) in [6.45, 7) is 4.41. The van der Waals surface area contributed by atoms with E-state index < -0.39 is 21.6 Å². The van der Waals surface area contributed by atoms with Gasteiger partial charge in [0.15, 0.2) is 0 Å². The number of anilines is 2. The topological polar surface area (TPSA) is 132 Å². The molecular formula is C33H46Cl2N4O6S. The van der Waals surface area contributed by atoms with Crippen LogP contribution in [0.3, 0.4) is 0 Å². The van der Waals surface area contributed by atoms with E-state index in [2.05, 4.69) is 22.1 Å². The van der Waals surface area contributed by atoms with Crippen LogP contribution >= 0.6 is 23.2 Å². The number of carbonyl (C=O) groups is 1. The molecule has 0 bridgehead atoms. The minimum absolute atomic E-state index is 0.0141. The first-order valence-electron chi connectivity index (χ1n) is 16.0. The molecule has 0 unspecified atom stereocenters. The first-order valence-corrected chi connectivity index (χ1v) is 18.3. The van der Waals surface area contributed by atoms with Crippen molar-refractivity contribution in [1.82, 2.24) is 14.5 Å². The second-order valence-corrected chi connectivity index (χ2v) is 13.7. The fourth-order valence-corrected chi connectivity index (χ4v) is 6.77. The Morgan fingerprint density at radius 3 is 2.13 bits per heavy atom. The molecule has 1 aromatic heterocycles. The van der Waals surface area contributed by atoms with Crippen molar-refractivity contribution in [3.63, 3.8) is 0 Å². The molecule has 0 amide bonds. The number of unbranched alkanes of at least 4 members (excludes halogenated alkanes) is 11. The Morgan fingerprint density at radius 2 is 1.52 bits per heavy atom. The lowest BCUT2D eigenvalue weighted by Crippen LogP contribution is -2.23. The van der Waals surface area contributed by atoms with E-state index in [1.807, 2.05) is 0 Å². The molecule has 0 saturated carbocycles. The Balaban J connectivity index is 1.60. The molecule has 3 aromatic rings. The lowest BCUT2D eigenvalue weighted by atomic mass is 10.1. The van der Waals surface area contributed by atoms with Crippen molar-refractivity contribution in [2.75, 3.05) is 25.6 Å². The van der Waals surface area contributed by atoms with Crippen LogP contribution in [0.2, 0.25) is 10.0 Å². The average Bonchev–Trinajstić information content (AvgIpc) is 3.38. The summed E-state index contributed by atoms with van der Waals surface area (Å²) in [6.07, 6.45) is 14.5. The van der Waals surface area contributed by atoms with Crippen LogP contribution in [0.5, 0.6) is 5.75 Å². The molecule has 3 N–H and O–H groups in total. The summed E-state index contributed by atoms with van der Waals surface area (Å²) in [7, 11) is -2.30. The van der Waals surface area contributed by atoms with E-state index in [1.165, 1.54) is 101 Å². The van der Waals surface area contributed by atoms with Crippen molar-refractivity contribution in [2.24, 2.45) is 0 Å². The summed E-state index contributed by atoms with van der Waals surface area (Å²) in [6, 6.07) is 8.49. The molecule has 3 rings (SSSR count). The van der Waals surface area contributed by atoms with Crippen LogP contribution in [0.4, 0.5) is 11.5 Å². The number of benzene rings is 2. The summed E-state index contributed by atoms with van der Waals surface area (Å²) in [4.78, 5) is 25.9. The Hall–Kier alpha value is -2.99. The number of hydrogen-bond donors (Lipinski definition) is 3. The molecule has 0 aliphatic heterocycles. The van der Waals surface area contributed by atoms with Crippen LogP contribution in [0.1, 0.15) is 101 Å². The first-order chi connectivity index (χ1) is 22.1. The first kappa shape index (κ1) is 37.5. The highest BCUT2D eigenvalue weighted by Gasteiger charge is 2.21. The van der Waals surface area contributed by atoms with Gasteiger partial charge in [-0.1, -0.05) is 108 Å². The number of nitrogens with one attached hydrogen (secondary N) is 3. The summed E-state index contributed by atoms with van der Waals surface area (Å²) in [5.41, 5.74) is -0.0680. The Kier molecular flexibility index (Phi) is 15.5. The molecule has 1 heterocycles. The van der Waals surface area contributed by atoms with E-state index in [-0.39, 0.29) is 45.2 Å². The van der Waals surface area contributed by atoms with E-state index in [1.54, 1.807) is 6.92 Å². The van der Waals surface area contributed by atoms with Gasteiger partial charge in [0.1, 0.15) is 17.3 Å². The maximum Gasteiger partial charge on any atom is 0.339 e. The zero-order chi connectivity index (χ0) is 33.5. The molecule has 0 saturated heterocycles. The number of carbonyl (C=O) groups excluding carboxylic acids is 1. The van der Waals surface area contributed by atoms with Gasteiger partial charge in [-0.05, 0) is 36.8 Å². The molecule has 0 aliphatic carbocycles. The summed E-state index contributed by atoms with van der Waals surface area (Å²) >= 11 is 13.0. The minimum Gasteiger partial charge on any atom is -0.495 e. The van der Waals surface area contributed by atoms with Gasteiger partial charge in [-0.15, -0.1) is 0 Å². The number of halogens is 2. The van der Waals surface area contributed by atoms with Crippen LogP contribution in [-0.2, 0) is 14.8 Å². The van der Waals surface area contributed by atoms with Crippen LogP contribution in [0.15, 0.2) is 46.1 Å². The van der Waals surface area contributed by atoms with Crippen LogP contribution < -0.4 is 20.3 Å². The fourth-order valence-electron chi connectivity index (χ4n) is 5.09. The van der Waals surface area contributed by atoms with Gasteiger partial charge in [0.2, 0.25) is 10.0 Å². The van der Waals surface area contributed by atoms with Gasteiger partial charge in [0.25, 0.3) is 5.56 Å². The normalized spacial score (nSPS) is 11.5. The predicted octanol–water partition coefficient (Wildman–Crippen LogP) is 8.38. The number of H-pyrrole nitrogens is 1. The van der Waals surface area contributed by atoms with E-state index in [0.29, 0.717) is 11.4 Å². The van der Waals surface area contributed by atoms with Crippen molar-refractivity contribution in [1.29, 1.82) is 0 Å². The monoisotopic (exact) mass is 696 g/mol. The zero-order valence-corrected chi connectivity index (χ0v) is 29.3. The molecule has 0 atom stereocenters. The van der Waals surface area contributed by atoms with Crippen molar-refractivity contribution in [2.45, 2.75) is 95.8 Å². The fraction of sp³-hybridized carbons (Fsp3) is 0.515. The number of aromatic amines is 1. The highest BCUT2D eigenvalue weighted by Crippen LogP contribution is 2.33. The SMILES string of the molecule is CCCCCCCCCCCCCCOC(=O)c1ccc(Cl)c(-n2[nH]c(Nc3cc(S(=O)(=O)NCC)ccc3OC)cc2=O)c1Cl. The third-order valence-corrected chi connectivity index (χ3v) is 9.78. The summed E-state index contributed by atoms with van der Waals surface area (Å²) < 4.78 is 39.4. The molecule has 0 fully saturated rings. The number of methoxy groups -OCH3 is 1. The van der Waals surface area contributed by atoms with Gasteiger partial charge >= 0.3 is 5.97 Å². The second kappa shape index (κ2) is 19.0. The van der Waals surface area contributed by atoms with Crippen molar-refractivity contribution < 1.29 is 22.7 Å². The molecule has 0 aliphatic rings. The van der Waals surface area contributed by atoms with E-state index in [0.717, 1.165) is 23.9 Å². The van der Waals surface area contributed by atoms with Gasteiger partial charge in [-0.3, -0.25) is 9.89 Å². The molecule has 46 heavy (non-hydrogen) atoms. The Bertz CT molecular complexity index is 1590. The number of ether oxygens (including phenoxy) is 2. The second-order valence-electron chi connectivity index (χ2n) is 11.1. The standard InChI is InChI=1S/C33H46Cl2N4O6S/c1-4-6-7-8-9-10-11-12-13-14-15-16-21-45-33(41)25-18-19-26(34)32(31(25)35)39-30(40)23-29(38-39)37-27-22-24(17-20-28(27)44-3)46(42,43)36-5-2/h17-20,22-23,36-38H,4-16,21H2,1-3H3. The number of nitrogens with zero attached hydrogens (tertiary/aromatic N) is 1. The quantitative estimate of drug-likeness (QED) is 0.0753.